The summed E-state index contributed by atoms with van der Waals surface area (Å²) in [4.78, 5) is 3.89. The number of rotatable bonds is 3. The minimum Gasteiger partial charge on any atom is -0.495 e. The summed E-state index contributed by atoms with van der Waals surface area (Å²) < 4.78 is 5.32. The number of methoxy groups -OCH3 is 1. The Morgan fingerprint density at radius 1 is 1.37 bits per heavy atom. The van der Waals surface area contributed by atoms with Gasteiger partial charge in [0.05, 0.1) is 45.5 Å². The molecular formula is C14H22N3OS+. The van der Waals surface area contributed by atoms with Crippen LogP contribution < -0.4 is 15.0 Å². The number of thiocarbonyl (C=S) groups is 1. The summed E-state index contributed by atoms with van der Waals surface area (Å²) >= 11 is 5.49. The summed E-state index contributed by atoms with van der Waals surface area (Å²) in [5, 5.41) is 4.08. The van der Waals surface area contributed by atoms with Gasteiger partial charge in [0.1, 0.15) is 5.75 Å². The number of benzene rings is 1. The van der Waals surface area contributed by atoms with Crippen molar-refractivity contribution < 1.29 is 9.64 Å². The Labute approximate surface area is 120 Å². The Bertz CT molecular complexity index is 430. The van der Waals surface area contributed by atoms with Crippen molar-refractivity contribution in [2.24, 2.45) is 0 Å². The predicted molar refractivity (Wildman–Crippen MR) is 82.0 cm³/mol. The van der Waals surface area contributed by atoms with Crippen LogP contribution in [0.3, 0.4) is 0 Å². The standard InChI is InChI=1S/C14H21N3OS/c1-3-16-8-10-17(11-9-16)14(19)15-12-6-4-5-7-13(12)18-2/h4-7H,3,8-11H2,1-2H3,(H,15,19)/p+1. The van der Waals surface area contributed by atoms with Crippen molar-refractivity contribution in [3.63, 3.8) is 0 Å². The third-order valence-electron chi connectivity index (χ3n) is 3.61. The number of nitrogens with one attached hydrogen (secondary N) is 2. The van der Waals surface area contributed by atoms with E-state index in [1.807, 2.05) is 24.3 Å². The molecular weight excluding hydrogens is 258 g/mol. The summed E-state index contributed by atoms with van der Waals surface area (Å²) in [6.45, 7) is 7.78. The van der Waals surface area contributed by atoms with E-state index in [1.54, 1.807) is 12.0 Å². The molecule has 0 radical (unpaired) electrons. The average molecular weight is 280 g/mol. The lowest BCUT2D eigenvalue weighted by molar-refractivity contribution is -0.902. The second-order valence-electron chi connectivity index (χ2n) is 4.72. The van der Waals surface area contributed by atoms with Gasteiger partial charge in [0.15, 0.2) is 5.11 Å². The molecule has 0 spiro atoms. The van der Waals surface area contributed by atoms with Crippen molar-refractivity contribution in [3.8, 4) is 5.75 Å². The summed E-state index contributed by atoms with van der Waals surface area (Å²) in [5.41, 5.74) is 0.931. The number of nitrogens with zero attached hydrogens (tertiary/aromatic N) is 1. The Balaban J connectivity index is 1.94. The van der Waals surface area contributed by atoms with E-state index in [2.05, 4.69) is 17.1 Å². The number of piperazine rings is 1. The van der Waals surface area contributed by atoms with E-state index in [9.17, 15) is 0 Å². The van der Waals surface area contributed by atoms with Crippen molar-refractivity contribution >= 4 is 23.0 Å². The lowest BCUT2D eigenvalue weighted by Gasteiger charge is -2.33. The second-order valence-corrected chi connectivity index (χ2v) is 5.11. The fourth-order valence-corrected chi connectivity index (χ4v) is 2.61. The number of hydrogen-bond acceptors (Lipinski definition) is 2. The smallest absolute Gasteiger partial charge is 0.173 e. The number of para-hydroxylation sites is 2. The summed E-state index contributed by atoms with van der Waals surface area (Å²) in [5.74, 6) is 0.822. The Morgan fingerprint density at radius 2 is 2.05 bits per heavy atom. The fourth-order valence-electron chi connectivity index (χ4n) is 2.32. The van der Waals surface area contributed by atoms with Crippen LogP contribution in [0.25, 0.3) is 0 Å². The van der Waals surface area contributed by atoms with E-state index < -0.39 is 0 Å². The number of likely N-dealkylation sites (N-methyl/N-ethyl adjacent to an activating group) is 1. The molecule has 1 fully saturated rings. The molecule has 0 unspecified atom stereocenters. The van der Waals surface area contributed by atoms with Crippen LogP contribution >= 0.6 is 12.2 Å². The van der Waals surface area contributed by atoms with E-state index in [-0.39, 0.29) is 0 Å². The molecule has 1 aliphatic heterocycles. The van der Waals surface area contributed by atoms with Crippen molar-refractivity contribution in [2.75, 3.05) is 45.2 Å². The van der Waals surface area contributed by atoms with E-state index in [0.717, 1.165) is 42.7 Å². The molecule has 19 heavy (non-hydrogen) atoms. The van der Waals surface area contributed by atoms with Gasteiger partial charge in [-0.3, -0.25) is 0 Å². The molecule has 0 aliphatic carbocycles. The van der Waals surface area contributed by atoms with Crippen LogP contribution in [0.2, 0.25) is 0 Å². The minimum absolute atomic E-state index is 0.791. The molecule has 0 atom stereocenters. The molecule has 1 aliphatic rings. The average Bonchev–Trinajstić information content (AvgIpc) is 2.48. The van der Waals surface area contributed by atoms with Crippen molar-refractivity contribution in [3.05, 3.63) is 24.3 Å². The maximum Gasteiger partial charge on any atom is 0.173 e. The summed E-state index contributed by atoms with van der Waals surface area (Å²) in [6, 6.07) is 7.85. The molecule has 4 nitrogen and oxygen atoms in total. The lowest BCUT2D eigenvalue weighted by Crippen LogP contribution is -3.14. The molecule has 104 valence electrons. The zero-order valence-electron chi connectivity index (χ0n) is 11.6. The third kappa shape index (κ3) is 3.58. The topological polar surface area (TPSA) is 28.9 Å². The zero-order chi connectivity index (χ0) is 13.7. The van der Waals surface area contributed by atoms with Gasteiger partial charge in [0.25, 0.3) is 0 Å². The second kappa shape index (κ2) is 6.73. The SMILES string of the molecule is CC[NH+]1CCN(C(=S)Nc2ccccc2OC)CC1. The van der Waals surface area contributed by atoms with Crippen molar-refractivity contribution in [2.45, 2.75) is 6.92 Å². The number of ether oxygens (including phenoxy) is 1. The van der Waals surface area contributed by atoms with Crippen LogP contribution in [-0.4, -0.2) is 49.8 Å². The van der Waals surface area contributed by atoms with Gasteiger partial charge in [-0.25, -0.2) is 0 Å². The molecule has 0 amide bonds. The zero-order valence-corrected chi connectivity index (χ0v) is 12.4. The van der Waals surface area contributed by atoms with E-state index in [4.69, 9.17) is 17.0 Å². The monoisotopic (exact) mass is 280 g/mol. The Hall–Kier alpha value is -1.33. The van der Waals surface area contributed by atoms with Gasteiger partial charge in [-0.15, -0.1) is 0 Å². The lowest BCUT2D eigenvalue weighted by atomic mass is 10.3. The molecule has 0 aromatic heterocycles. The van der Waals surface area contributed by atoms with Crippen LogP contribution in [0.1, 0.15) is 6.92 Å². The van der Waals surface area contributed by atoms with E-state index in [0.29, 0.717) is 0 Å². The highest BCUT2D eigenvalue weighted by Gasteiger charge is 2.20. The normalized spacial score (nSPS) is 16.2. The van der Waals surface area contributed by atoms with Gasteiger partial charge in [0, 0.05) is 0 Å². The van der Waals surface area contributed by atoms with Gasteiger partial charge in [-0.1, -0.05) is 12.1 Å². The summed E-state index contributed by atoms with van der Waals surface area (Å²) in [7, 11) is 1.67. The molecule has 1 aromatic rings. The van der Waals surface area contributed by atoms with E-state index in [1.165, 1.54) is 6.54 Å². The minimum atomic E-state index is 0.791. The first kappa shape index (κ1) is 14.1. The van der Waals surface area contributed by atoms with Gasteiger partial charge in [0.2, 0.25) is 0 Å². The highest BCUT2D eigenvalue weighted by Crippen LogP contribution is 2.23. The molecule has 2 rings (SSSR count). The largest absolute Gasteiger partial charge is 0.495 e. The van der Waals surface area contributed by atoms with Gasteiger partial charge in [-0.2, -0.15) is 0 Å². The Kier molecular flexibility index (Phi) is 4.99. The highest BCUT2D eigenvalue weighted by atomic mass is 32.1. The predicted octanol–water partition coefficient (Wildman–Crippen LogP) is 0.612. The molecule has 2 N–H and O–H groups in total. The van der Waals surface area contributed by atoms with Gasteiger partial charge < -0.3 is 19.9 Å². The molecule has 1 saturated heterocycles. The third-order valence-corrected chi connectivity index (χ3v) is 3.97. The molecule has 0 saturated carbocycles. The fraction of sp³-hybridized carbons (Fsp3) is 0.500. The maximum absolute atomic E-state index is 5.49. The molecule has 1 aromatic carbocycles. The van der Waals surface area contributed by atoms with Crippen LogP contribution in [0.4, 0.5) is 5.69 Å². The maximum atomic E-state index is 5.49. The van der Waals surface area contributed by atoms with Crippen molar-refractivity contribution in [1.82, 2.24) is 4.90 Å². The Morgan fingerprint density at radius 3 is 2.68 bits per heavy atom. The molecule has 5 heteroatoms. The first-order chi connectivity index (χ1) is 9.24. The summed E-state index contributed by atoms with van der Waals surface area (Å²) in [6.07, 6.45) is 0. The van der Waals surface area contributed by atoms with Crippen LogP contribution in [0.5, 0.6) is 5.75 Å². The van der Waals surface area contributed by atoms with Gasteiger partial charge in [-0.05, 0) is 31.3 Å². The molecule has 0 bridgehead atoms. The van der Waals surface area contributed by atoms with Crippen LogP contribution in [0, 0.1) is 0 Å². The van der Waals surface area contributed by atoms with E-state index >= 15 is 0 Å². The van der Waals surface area contributed by atoms with Crippen LogP contribution in [-0.2, 0) is 0 Å². The van der Waals surface area contributed by atoms with Crippen LogP contribution in [0.15, 0.2) is 24.3 Å². The van der Waals surface area contributed by atoms with Crippen molar-refractivity contribution in [1.29, 1.82) is 0 Å². The number of hydrogen-bond donors (Lipinski definition) is 2. The van der Waals surface area contributed by atoms with Gasteiger partial charge >= 0.3 is 0 Å². The first-order valence-corrected chi connectivity index (χ1v) is 7.18. The molecule has 1 heterocycles. The number of quaternary nitrogens is 1. The quantitative estimate of drug-likeness (QED) is 0.794. The highest BCUT2D eigenvalue weighted by molar-refractivity contribution is 7.80. The number of anilines is 1. The first-order valence-electron chi connectivity index (χ1n) is 6.77.